The summed E-state index contributed by atoms with van der Waals surface area (Å²) in [6.45, 7) is 2.54. The molecule has 0 unspecified atom stereocenters. The van der Waals surface area contributed by atoms with Crippen molar-refractivity contribution in [1.82, 2.24) is 9.78 Å². The second kappa shape index (κ2) is 6.83. The van der Waals surface area contributed by atoms with Crippen LogP contribution in [0.5, 0.6) is 0 Å². The van der Waals surface area contributed by atoms with Crippen molar-refractivity contribution in [3.63, 3.8) is 0 Å². The minimum absolute atomic E-state index is 0.0585. The minimum atomic E-state index is -0.827. The third kappa shape index (κ3) is 3.71. The molecule has 0 aliphatic carbocycles. The lowest BCUT2D eigenvalue weighted by molar-refractivity contribution is -0.136. The molecule has 0 aliphatic rings. The van der Waals surface area contributed by atoms with E-state index in [9.17, 15) is 4.79 Å². The Hall–Kier alpha value is -2.04. The molecule has 0 saturated carbocycles. The van der Waals surface area contributed by atoms with Gasteiger partial charge in [-0.05, 0) is 42.3 Å². The smallest absolute Gasteiger partial charge is 0.303 e. The molecule has 0 bridgehead atoms. The Kier molecular flexibility index (Phi) is 4.78. The Bertz CT molecular complexity index is 899. The Morgan fingerprint density at radius 3 is 2.54 bits per heavy atom. The normalized spacial score (nSPS) is 11.1. The van der Waals surface area contributed by atoms with Crippen LogP contribution in [0.2, 0.25) is 10.0 Å². The number of halogens is 2. The topological polar surface area (TPSA) is 55.1 Å². The molecular formula is C18H16Cl2N2O2. The van der Waals surface area contributed by atoms with Crippen LogP contribution in [0.15, 0.2) is 36.4 Å². The third-order valence-electron chi connectivity index (χ3n) is 3.81. The average Bonchev–Trinajstić information content (AvgIpc) is 2.81. The third-order valence-corrected chi connectivity index (χ3v) is 4.25. The van der Waals surface area contributed by atoms with Crippen LogP contribution in [0.4, 0.5) is 0 Å². The van der Waals surface area contributed by atoms with Crippen molar-refractivity contribution in [2.24, 2.45) is 0 Å². The summed E-state index contributed by atoms with van der Waals surface area (Å²) >= 11 is 12.1. The molecule has 6 heteroatoms. The van der Waals surface area contributed by atoms with Gasteiger partial charge in [0.15, 0.2) is 0 Å². The highest BCUT2D eigenvalue weighted by Gasteiger charge is 2.13. The van der Waals surface area contributed by atoms with Gasteiger partial charge in [0.1, 0.15) is 0 Å². The number of hydrogen-bond donors (Lipinski definition) is 1. The molecule has 0 spiro atoms. The number of carboxylic acid groups (broad SMARTS) is 1. The number of nitrogens with zero attached hydrogens (tertiary/aromatic N) is 2. The number of aliphatic carboxylic acids is 1. The molecule has 1 aromatic heterocycles. The first-order valence-corrected chi connectivity index (χ1v) is 8.31. The summed E-state index contributed by atoms with van der Waals surface area (Å²) in [6, 6.07) is 11.5. The molecule has 24 heavy (non-hydrogen) atoms. The van der Waals surface area contributed by atoms with E-state index in [2.05, 4.69) is 11.2 Å². The van der Waals surface area contributed by atoms with Crippen LogP contribution < -0.4 is 0 Å². The molecule has 0 radical (unpaired) electrons. The van der Waals surface area contributed by atoms with Gasteiger partial charge in [0.2, 0.25) is 0 Å². The lowest BCUT2D eigenvalue weighted by Crippen LogP contribution is -2.03. The fourth-order valence-corrected chi connectivity index (χ4v) is 3.33. The highest BCUT2D eigenvalue weighted by atomic mass is 35.5. The Morgan fingerprint density at radius 2 is 1.88 bits per heavy atom. The number of aryl methyl sites for hydroxylation is 2. The summed E-state index contributed by atoms with van der Waals surface area (Å²) in [5.74, 6) is -0.827. The molecule has 4 nitrogen and oxygen atoms in total. The van der Waals surface area contributed by atoms with Crippen molar-refractivity contribution in [3.8, 4) is 0 Å². The summed E-state index contributed by atoms with van der Waals surface area (Å²) in [7, 11) is 0. The van der Waals surface area contributed by atoms with E-state index in [1.807, 2.05) is 35.9 Å². The largest absolute Gasteiger partial charge is 0.481 e. The van der Waals surface area contributed by atoms with Crippen molar-refractivity contribution in [2.75, 3.05) is 0 Å². The predicted molar refractivity (Wildman–Crippen MR) is 96.0 cm³/mol. The van der Waals surface area contributed by atoms with E-state index < -0.39 is 5.97 Å². The number of rotatable bonds is 5. The molecule has 3 aromatic rings. The van der Waals surface area contributed by atoms with Gasteiger partial charge in [0, 0.05) is 21.9 Å². The number of aromatic nitrogens is 2. The zero-order chi connectivity index (χ0) is 17.3. The Morgan fingerprint density at radius 1 is 1.17 bits per heavy atom. The lowest BCUT2D eigenvalue weighted by atomic mass is 10.1. The maximum Gasteiger partial charge on any atom is 0.303 e. The predicted octanol–water partition coefficient (Wildman–Crippen LogP) is 4.72. The fourth-order valence-electron chi connectivity index (χ4n) is 2.76. The van der Waals surface area contributed by atoms with Gasteiger partial charge in [-0.15, -0.1) is 0 Å². The van der Waals surface area contributed by atoms with Gasteiger partial charge in [0.05, 0.1) is 24.2 Å². The summed E-state index contributed by atoms with van der Waals surface area (Å²) in [5, 5.41) is 15.7. The molecule has 124 valence electrons. The fraction of sp³-hybridized carbons (Fsp3) is 0.222. The summed E-state index contributed by atoms with van der Waals surface area (Å²) in [5.41, 5.74) is 3.84. The highest BCUT2D eigenvalue weighted by molar-refractivity contribution is 6.34. The maximum atomic E-state index is 10.9. The van der Waals surface area contributed by atoms with E-state index in [-0.39, 0.29) is 6.42 Å². The van der Waals surface area contributed by atoms with Gasteiger partial charge >= 0.3 is 5.97 Å². The van der Waals surface area contributed by atoms with Gasteiger partial charge < -0.3 is 5.11 Å². The van der Waals surface area contributed by atoms with Crippen LogP contribution in [0.25, 0.3) is 10.9 Å². The Balaban J connectivity index is 2.02. The summed E-state index contributed by atoms with van der Waals surface area (Å²) in [6.07, 6.45) is 0.460. The van der Waals surface area contributed by atoms with Crippen molar-refractivity contribution in [3.05, 3.63) is 63.3 Å². The van der Waals surface area contributed by atoms with Crippen LogP contribution in [0.3, 0.4) is 0 Å². The quantitative estimate of drug-likeness (QED) is 0.714. The van der Waals surface area contributed by atoms with Crippen LogP contribution in [0, 0.1) is 6.92 Å². The van der Waals surface area contributed by atoms with E-state index in [0.29, 0.717) is 23.0 Å². The van der Waals surface area contributed by atoms with Gasteiger partial charge in [-0.2, -0.15) is 5.10 Å². The van der Waals surface area contributed by atoms with Gasteiger partial charge in [-0.25, -0.2) is 0 Å². The number of fused-ring (bicyclic) bond motifs is 1. The zero-order valence-electron chi connectivity index (χ0n) is 13.1. The molecule has 3 rings (SSSR count). The molecule has 0 aliphatic heterocycles. The standard InChI is InChI=1S/C18H16Cl2N2O2/c1-11-2-3-15-16(4-5-18(23)24)21-22(17(15)6-11)10-12-7-13(19)9-14(20)8-12/h2-3,6-9H,4-5,10H2,1H3,(H,23,24). The van der Waals surface area contributed by atoms with Crippen LogP contribution in [-0.4, -0.2) is 20.9 Å². The lowest BCUT2D eigenvalue weighted by Gasteiger charge is -2.06. The Labute approximate surface area is 149 Å². The maximum absolute atomic E-state index is 10.9. The molecule has 1 heterocycles. The first-order valence-electron chi connectivity index (χ1n) is 7.55. The highest BCUT2D eigenvalue weighted by Crippen LogP contribution is 2.24. The molecule has 0 fully saturated rings. The monoisotopic (exact) mass is 362 g/mol. The van der Waals surface area contributed by atoms with E-state index in [4.69, 9.17) is 28.3 Å². The molecule has 1 N–H and O–H groups in total. The van der Waals surface area contributed by atoms with Gasteiger partial charge in [0.25, 0.3) is 0 Å². The van der Waals surface area contributed by atoms with E-state index >= 15 is 0 Å². The molecular weight excluding hydrogens is 347 g/mol. The summed E-state index contributed by atoms with van der Waals surface area (Å²) < 4.78 is 1.88. The zero-order valence-corrected chi connectivity index (χ0v) is 14.6. The average molecular weight is 363 g/mol. The SMILES string of the molecule is Cc1ccc2c(CCC(=O)O)nn(Cc3cc(Cl)cc(Cl)c3)c2c1. The van der Waals surface area contributed by atoms with Gasteiger partial charge in [-0.3, -0.25) is 9.48 Å². The molecule has 0 saturated heterocycles. The second-order valence-electron chi connectivity index (χ2n) is 5.80. The second-order valence-corrected chi connectivity index (χ2v) is 6.67. The van der Waals surface area contributed by atoms with Crippen LogP contribution in [0.1, 0.15) is 23.2 Å². The van der Waals surface area contributed by atoms with Crippen molar-refractivity contribution in [1.29, 1.82) is 0 Å². The van der Waals surface area contributed by atoms with E-state index in [0.717, 1.165) is 27.7 Å². The number of benzene rings is 2. The molecule has 0 amide bonds. The number of carboxylic acids is 1. The van der Waals surface area contributed by atoms with E-state index in [1.165, 1.54) is 0 Å². The molecule has 0 atom stereocenters. The van der Waals surface area contributed by atoms with Crippen molar-refractivity contribution in [2.45, 2.75) is 26.3 Å². The summed E-state index contributed by atoms with van der Waals surface area (Å²) in [4.78, 5) is 10.9. The van der Waals surface area contributed by atoms with Crippen LogP contribution in [-0.2, 0) is 17.8 Å². The number of hydrogen-bond acceptors (Lipinski definition) is 2. The van der Waals surface area contributed by atoms with E-state index in [1.54, 1.807) is 6.07 Å². The van der Waals surface area contributed by atoms with Crippen LogP contribution >= 0.6 is 23.2 Å². The van der Waals surface area contributed by atoms with Crippen molar-refractivity contribution < 1.29 is 9.90 Å². The molecule has 2 aromatic carbocycles. The van der Waals surface area contributed by atoms with Gasteiger partial charge in [-0.1, -0.05) is 35.3 Å². The number of carbonyl (C=O) groups is 1. The van der Waals surface area contributed by atoms with Crippen molar-refractivity contribution >= 4 is 40.1 Å². The first-order chi connectivity index (χ1) is 11.4. The minimum Gasteiger partial charge on any atom is -0.481 e. The first kappa shape index (κ1) is 16.8.